The largest absolute Gasteiger partial charge is 0.504 e. The van der Waals surface area contributed by atoms with Crippen molar-refractivity contribution in [2.24, 2.45) is 0 Å². The van der Waals surface area contributed by atoms with Gasteiger partial charge in [0, 0.05) is 6.07 Å². The van der Waals surface area contributed by atoms with Crippen LogP contribution in [0, 0.1) is 0 Å². The van der Waals surface area contributed by atoms with Crippen LogP contribution in [0.1, 0.15) is 13.8 Å². The number of benzene rings is 1. The van der Waals surface area contributed by atoms with Crippen molar-refractivity contribution in [3.05, 3.63) is 28.6 Å². The van der Waals surface area contributed by atoms with Gasteiger partial charge >= 0.3 is 5.63 Å². The Hall–Kier alpha value is -2.17. The average Bonchev–Trinajstić information content (AvgIpc) is 2.34. The summed E-state index contributed by atoms with van der Waals surface area (Å²) < 4.78 is 15.5. The summed E-state index contributed by atoms with van der Waals surface area (Å²) >= 11 is 0. The van der Waals surface area contributed by atoms with E-state index in [-0.39, 0.29) is 23.7 Å². The Bertz CT molecular complexity index is 615. The summed E-state index contributed by atoms with van der Waals surface area (Å²) in [7, 11) is 0. The highest BCUT2D eigenvalue weighted by molar-refractivity contribution is 5.86. The Morgan fingerprint density at radius 2 is 1.94 bits per heavy atom. The predicted molar refractivity (Wildman–Crippen MR) is 66.5 cm³/mol. The molecule has 96 valence electrons. The summed E-state index contributed by atoms with van der Waals surface area (Å²) in [5, 5.41) is 10.4. The lowest BCUT2D eigenvalue weighted by molar-refractivity contribution is 0.301. The first-order valence-corrected chi connectivity index (χ1v) is 5.72. The highest BCUT2D eigenvalue weighted by Crippen LogP contribution is 2.33. The van der Waals surface area contributed by atoms with Crippen LogP contribution >= 0.6 is 0 Å². The Morgan fingerprint density at radius 3 is 2.61 bits per heavy atom. The summed E-state index contributed by atoms with van der Waals surface area (Å²) in [5.74, 6) is 0.219. The molecule has 5 nitrogen and oxygen atoms in total. The van der Waals surface area contributed by atoms with Crippen molar-refractivity contribution in [2.75, 3.05) is 13.2 Å². The topological polar surface area (TPSA) is 68.9 Å². The molecule has 2 aromatic rings. The Labute approximate surface area is 104 Å². The van der Waals surface area contributed by atoms with E-state index < -0.39 is 5.63 Å². The smallest absolute Gasteiger partial charge is 0.383 e. The van der Waals surface area contributed by atoms with Crippen LogP contribution in [0.2, 0.25) is 0 Å². The molecule has 0 saturated carbocycles. The van der Waals surface area contributed by atoms with Gasteiger partial charge in [-0.3, -0.25) is 0 Å². The number of rotatable bonds is 4. The number of hydrogen-bond acceptors (Lipinski definition) is 5. The van der Waals surface area contributed by atoms with Crippen LogP contribution in [-0.4, -0.2) is 18.3 Å². The van der Waals surface area contributed by atoms with Crippen LogP contribution in [0.3, 0.4) is 0 Å². The second-order valence-electron chi connectivity index (χ2n) is 3.59. The molecule has 0 amide bonds. The minimum Gasteiger partial charge on any atom is -0.504 e. The molecule has 0 aliphatic heterocycles. The summed E-state index contributed by atoms with van der Waals surface area (Å²) in [6, 6.07) is 4.89. The average molecular weight is 250 g/mol. The molecule has 0 bridgehead atoms. The third-order valence-corrected chi connectivity index (χ3v) is 2.41. The zero-order chi connectivity index (χ0) is 13.1. The van der Waals surface area contributed by atoms with E-state index in [1.165, 1.54) is 0 Å². The summed E-state index contributed by atoms with van der Waals surface area (Å²) in [5.41, 5.74) is -0.428. The highest BCUT2D eigenvalue weighted by atomic mass is 16.5. The molecule has 0 radical (unpaired) electrons. The SMILES string of the molecule is CCOc1ccc2c(O)c(OCC)c(=O)oc2c1. The molecule has 1 aromatic carbocycles. The number of hydrogen-bond donors (Lipinski definition) is 1. The number of aromatic hydroxyl groups is 1. The molecule has 1 N–H and O–H groups in total. The van der Waals surface area contributed by atoms with Gasteiger partial charge in [0.2, 0.25) is 5.75 Å². The van der Waals surface area contributed by atoms with Gasteiger partial charge in [0.15, 0.2) is 5.75 Å². The van der Waals surface area contributed by atoms with Gasteiger partial charge in [0.25, 0.3) is 0 Å². The standard InChI is InChI=1S/C13H14O5/c1-3-16-8-5-6-9-10(7-8)18-13(15)12(11(9)14)17-4-2/h5-7,14H,3-4H2,1-2H3. The molecule has 2 rings (SSSR count). The third-order valence-electron chi connectivity index (χ3n) is 2.41. The van der Waals surface area contributed by atoms with Crippen LogP contribution in [0.25, 0.3) is 11.0 Å². The first-order chi connectivity index (χ1) is 8.67. The fourth-order valence-corrected chi connectivity index (χ4v) is 1.68. The Balaban J connectivity index is 2.62. The summed E-state index contributed by atoms with van der Waals surface area (Å²) in [6.45, 7) is 4.37. The molecule has 0 aliphatic rings. The first kappa shape index (κ1) is 12.3. The van der Waals surface area contributed by atoms with Crippen LogP contribution in [0.15, 0.2) is 27.4 Å². The number of ether oxygens (including phenoxy) is 2. The van der Waals surface area contributed by atoms with Crippen molar-refractivity contribution < 1.29 is 19.0 Å². The van der Waals surface area contributed by atoms with Crippen LogP contribution in [0.5, 0.6) is 17.2 Å². The van der Waals surface area contributed by atoms with Crippen molar-refractivity contribution in [3.8, 4) is 17.2 Å². The van der Waals surface area contributed by atoms with Gasteiger partial charge in [0.05, 0.1) is 18.6 Å². The quantitative estimate of drug-likeness (QED) is 0.843. The minimum absolute atomic E-state index is 0.158. The van der Waals surface area contributed by atoms with Gasteiger partial charge in [0.1, 0.15) is 11.3 Å². The maximum Gasteiger partial charge on any atom is 0.383 e. The zero-order valence-electron chi connectivity index (χ0n) is 10.2. The lowest BCUT2D eigenvalue weighted by Gasteiger charge is -2.08. The second kappa shape index (κ2) is 5.00. The van der Waals surface area contributed by atoms with Crippen molar-refractivity contribution in [2.45, 2.75) is 13.8 Å². The van der Waals surface area contributed by atoms with E-state index >= 15 is 0 Å². The van der Waals surface area contributed by atoms with Crippen molar-refractivity contribution >= 4 is 11.0 Å². The van der Waals surface area contributed by atoms with Crippen LogP contribution in [0.4, 0.5) is 0 Å². The van der Waals surface area contributed by atoms with Crippen molar-refractivity contribution in [1.82, 2.24) is 0 Å². The van der Waals surface area contributed by atoms with Gasteiger partial charge in [-0.05, 0) is 26.0 Å². The predicted octanol–water partition coefficient (Wildman–Crippen LogP) is 2.30. The third kappa shape index (κ3) is 2.11. The van der Waals surface area contributed by atoms with E-state index in [1.807, 2.05) is 6.92 Å². The van der Waals surface area contributed by atoms with Crippen molar-refractivity contribution in [3.63, 3.8) is 0 Å². The normalized spacial score (nSPS) is 10.6. The maximum absolute atomic E-state index is 11.6. The fourth-order valence-electron chi connectivity index (χ4n) is 1.68. The van der Waals surface area contributed by atoms with Gasteiger partial charge in [-0.15, -0.1) is 0 Å². The van der Waals surface area contributed by atoms with E-state index in [9.17, 15) is 9.90 Å². The second-order valence-corrected chi connectivity index (χ2v) is 3.59. The fraction of sp³-hybridized carbons (Fsp3) is 0.308. The molecular formula is C13H14O5. The van der Waals surface area contributed by atoms with Gasteiger partial charge in [-0.2, -0.15) is 0 Å². The van der Waals surface area contributed by atoms with Crippen LogP contribution in [-0.2, 0) is 0 Å². The Kier molecular flexibility index (Phi) is 3.41. The molecule has 18 heavy (non-hydrogen) atoms. The van der Waals surface area contributed by atoms with E-state index in [4.69, 9.17) is 13.9 Å². The molecule has 0 unspecified atom stereocenters. The van der Waals surface area contributed by atoms with E-state index in [2.05, 4.69) is 0 Å². The molecule has 0 fully saturated rings. The molecule has 1 heterocycles. The monoisotopic (exact) mass is 250 g/mol. The zero-order valence-corrected chi connectivity index (χ0v) is 10.2. The van der Waals surface area contributed by atoms with E-state index in [0.717, 1.165) is 0 Å². The van der Waals surface area contributed by atoms with Crippen molar-refractivity contribution in [1.29, 1.82) is 0 Å². The summed E-state index contributed by atoms with van der Waals surface area (Å²) in [6.07, 6.45) is 0. The number of fused-ring (bicyclic) bond motifs is 1. The Morgan fingerprint density at radius 1 is 1.22 bits per heavy atom. The van der Waals surface area contributed by atoms with Gasteiger partial charge < -0.3 is 19.0 Å². The minimum atomic E-state index is -0.699. The lowest BCUT2D eigenvalue weighted by atomic mass is 10.2. The molecule has 0 atom stereocenters. The molecular weight excluding hydrogens is 236 g/mol. The molecule has 0 aliphatic carbocycles. The van der Waals surface area contributed by atoms with Gasteiger partial charge in [-0.25, -0.2) is 4.79 Å². The van der Waals surface area contributed by atoms with Gasteiger partial charge in [-0.1, -0.05) is 0 Å². The van der Waals surface area contributed by atoms with E-state index in [0.29, 0.717) is 17.7 Å². The molecule has 0 spiro atoms. The molecule has 5 heteroatoms. The molecule has 0 saturated heterocycles. The first-order valence-electron chi connectivity index (χ1n) is 5.72. The lowest BCUT2D eigenvalue weighted by Crippen LogP contribution is -2.06. The molecule has 1 aromatic heterocycles. The highest BCUT2D eigenvalue weighted by Gasteiger charge is 2.15. The summed E-state index contributed by atoms with van der Waals surface area (Å²) in [4.78, 5) is 11.6. The maximum atomic E-state index is 11.6. The van der Waals surface area contributed by atoms with Crippen LogP contribution < -0.4 is 15.1 Å². The van der Waals surface area contributed by atoms with E-state index in [1.54, 1.807) is 25.1 Å².